The van der Waals surface area contributed by atoms with Crippen molar-refractivity contribution < 1.29 is 0 Å². The number of hydrogen-bond acceptors (Lipinski definition) is 0. The van der Waals surface area contributed by atoms with Crippen molar-refractivity contribution in [3.05, 3.63) is 145 Å². The van der Waals surface area contributed by atoms with Gasteiger partial charge in [0.25, 0.3) is 0 Å². The Morgan fingerprint density at radius 1 is 0.294 bits per heavy atom. The van der Waals surface area contributed by atoms with Crippen LogP contribution in [0.2, 0.25) is 0 Å². The van der Waals surface area contributed by atoms with Gasteiger partial charge in [0.05, 0.1) is 0 Å². The van der Waals surface area contributed by atoms with E-state index >= 15 is 0 Å². The first-order valence-electron chi connectivity index (χ1n) is 11.6. The number of rotatable bonds is 6. The molecule has 2 unspecified atom stereocenters. The molecule has 34 heavy (non-hydrogen) atoms. The van der Waals surface area contributed by atoms with Gasteiger partial charge in [-0.2, -0.15) is 0 Å². The first kappa shape index (κ1) is 22.7. The van der Waals surface area contributed by atoms with Gasteiger partial charge in [0.2, 0.25) is 0 Å². The maximum atomic E-state index is 2.36. The Morgan fingerprint density at radius 2 is 0.529 bits per heavy atom. The predicted molar refractivity (Wildman–Crippen MR) is 153 cm³/mol. The highest BCUT2D eigenvalue weighted by molar-refractivity contribution is 7.80. The Hall–Kier alpha value is -3.04. The van der Waals surface area contributed by atoms with E-state index in [0.29, 0.717) is 0 Å². The summed E-state index contributed by atoms with van der Waals surface area (Å²) in [6, 6.07) is 49.4. The van der Waals surface area contributed by atoms with Crippen LogP contribution in [-0.2, 0) is 0 Å². The van der Waals surface area contributed by atoms with Crippen LogP contribution in [0.5, 0.6) is 0 Å². The van der Waals surface area contributed by atoms with E-state index < -0.39 is 15.8 Å². The number of aryl methyl sites for hydroxylation is 2. The molecule has 0 aliphatic heterocycles. The summed E-state index contributed by atoms with van der Waals surface area (Å²) in [7, 11) is -1.19. The molecule has 0 radical (unpaired) electrons. The Labute approximate surface area is 205 Å². The third kappa shape index (κ3) is 5.05. The summed E-state index contributed by atoms with van der Waals surface area (Å²) in [4.78, 5) is 0. The molecular weight excluding hydrogens is 446 g/mol. The van der Waals surface area contributed by atoms with E-state index in [1.807, 2.05) is 0 Å². The summed E-state index contributed by atoms with van der Waals surface area (Å²) < 4.78 is 0. The molecular formula is C32H28P2. The van der Waals surface area contributed by atoms with Crippen molar-refractivity contribution in [2.45, 2.75) is 13.8 Å². The van der Waals surface area contributed by atoms with Gasteiger partial charge >= 0.3 is 0 Å². The molecule has 2 heteroatoms. The summed E-state index contributed by atoms with van der Waals surface area (Å²) in [5.41, 5.74) is 2.60. The minimum atomic E-state index is -0.596. The quantitative estimate of drug-likeness (QED) is 0.272. The normalized spacial score (nSPS) is 12.8. The Bertz CT molecular complexity index is 1220. The molecule has 5 rings (SSSR count). The van der Waals surface area contributed by atoms with Crippen LogP contribution in [0.15, 0.2) is 133 Å². The van der Waals surface area contributed by atoms with Gasteiger partial charge in [0, 0.05) is 0 Å². The molecule has 166 valence electrons. The molecule has 0 amide bonds. The molecule has 2 atom stereocenters. The van der Waals surface area contributed by atoms with E-state index in [2.05, 4.69) is 147 Å². The van der Waals surface area contributed by atoms with Crippen LogP contribution in [0.25, 0.3) is 0 Å². The first-order valence-corrected chi connectivity index (χ1v) is 14.3. The van der Waals surface area contributed by atoms with Crippen LogP contribution in [0.4, 0.5) is 0 Å². The zero-order chi connectivity index (χ0) is 23.3. The lowest BCUT2D eigenvalue weighted by atomic mass is 10.2. The predicted octanol–water partition coefficient (Wildman–Crippen LogP) is 5.82. The molecule has 0 aromatic heterocycles. The van der Waals surface area contributed by atoms with Crippen molar-refractivity contribution in [1.29, 1.82) is 0 Å². The van der Waals surface area contributed by atoms with Crippen molar-refractivity contribution in [2.75, 3.05) is 0 Å². The summed E-state index contributed by atoms with van der Waals surface area (Å²) in [6.45, 7) is 4.31. The second-order valence-corrected chi connectivity index (χ2v) is 13.0. The van der Waals surface area contributed by atoms with E-state index in [1.54, 1.807) is 0 Å². The van der Waals surface area contributed by atoms with Crippen molar-refractivity contribution in [3.63, 3.8) is 0 Å². The van der Waals surface area contributed by atoms with E-state index in [4.69, 9.17) is 0 Å². The average molecular weight is 475 g/mol. The Morgan fingerprint density at radius 3 is 0.824 bits per heavy atom. The molecule has 0 N–H and O–H groups in total. The zero-order valence-corrected chi connectivity index (χ0v) is 21.4. The molecule has 0 spiro atoms. The van der Waals surface area contributed by atoms with Crippen LogP contribution >= 0.6 is 15.8 Å². The summed E-state index contributed by atoms with van der Waals surface area (Å²) in [5.74, 6) is 0. The van der Waals surface area contributed by atoms with E-state index in [0.717, 1.165) is 0 Å². The van der Waals surface area contributed by atoms with Crippen LogP contribution < -0.4 is 31.8 Å². The second kappa shape index (κ2) is 10.5. The van der Waals surface area contributed by atoms with Gasteiger partial charge in [-0.3, -0.25) is 0 Å². The molecule has 0 heterocycles. The summed E-state index contributed by atoms with van der Waals surface area (Å²) in [6.07, 6.45) is 0. The molecule has 0 saturated heterocycles. The number of hydrogen-bond donors (Lipinski definition) is 0. The minimum absolute atomic E-state index is 0.596. The van der Waals surface area contributed by atoms with E-state index in [-0.39, 0.29) is 0 Å². The second-order valence-electron chi connectivity index (χ2n) is 8.53. The fourth-order valence-corrected chi connectivity index (χ4v) is 8.71. The third-order valence-electron chi connectivity index (χ3n) is 5.98. The smallest absolute Gasteiger partial charge is 0.0134 e. The van der Waals surface area contributed by atoms with Crippen LogP contribution in [-0.4, -0.2) is 0 Å². The average Bonchev–Trinajstić information content (AvgIpc) is 2.89. The maximum absolute atomic E-state index is 2.36. The molecule has 0 nitrogen and oxygen atoms in total. The van der Waals surface area contributed by atoms with Gasteiger partial charge in [-0.15, -0.1) is 0 Å². The monoisotopic (exact) mass is 474 g/mol. The minimum Gasteiger partial charge on any atom is -0.0622 e. The van der Waals surface area contributed by atoms with Gasteiger partial charge in [0.1, 0.15) is 0 Å². The van der Waals surface area contributed by atoms with Crippen molar-refractivity contribution in [1.82, 2.24) is 0 Å². The van der Waals surface area contributed by atoms with Crippen molar-refractivity contribution >= 4 is 47.7 Å². The molecule has 0 bridgehead atoms. The lowest BCUT2D eigenvalue weighted by Gasteiger charge is -2.22. The SMILES string of the molecule is Cc1ccc(P(c2ccccc2)c2ccc(P(c3ccccc3)c3ccc(C)cc3)cc2)cc1. The van der Waals surface area contributed by atoms with Gasteiger partial charge in [-0.05, 0) is 61.5 Å². The highest BCUT2D eigenvalue weighted by Crippen LogP contribution is 2.35. The lowest BCUT2D eigenvalue weighted by molar-refractivity contribution is 1.49. The number of benzene rings is 5. The van der Waals surface area contributed by atoms with E-state index in [1.165, 1.54) is 43.0 Å². The van der Waals surface area contributed by atoms with Crippen LogP contribution in [0.3, 0.4) is 0 Å². The molecule has 0 aliphatic rings. The Balaban J connectivity index is 1.57. The van der Waals surface area contributed by atoms with Crippen LogP contribution in [0.1, 0.15) is 11.1 Å². The fraction of sp³-hybridized carbons (Fsp3) is 0.0625. The lowest BCUT2D eigenvalue weighted by Crippen LogP contribution is -2.24. The Kier molecular flexibility index (Phi) is 7.01. The van der Waals surface area contributed by atoms with Gasteiger partial charge < -0.3 is 0 Å². The highest BCUT2D eigenvalue weighted by atomic mass is 31.1. The standard InChI is InChI=1S/C32H28P2/c1-25-13-17-29(18-14-25)33(27-9-5-3-6-10-27)31-21-23-32(24-22-31)34(28-11-7-4-8-12-28)30-19-15-26(2)16-20-30/h3-24H,1-2H3. The van der Waals surface area contributed by atoms with Crippen LogP contribution in [0, 0.1) is 13.8 Å². The fourth-order valence-electron chi connectivity index (χ4n) is 4.19. The third-order valence-corrected chi connectivity index (χ3v) is 10.9. The molecule has 0 aliphatic carbocycles. The van der Waals surface area contributed by atoms with E-state index in [9.17, 15) is 0 Å². The first-order chi connectivity index (χ1) is 16.7. The zero-order valence-electron chi connectivity index (χ0n) is 19.6. The largest absolute Gasteiger partial charge is 0.0622 e. The molecule has 5 aromatic carbocycles. The highest BCUT2D eigenvalue weighted by Gasteiger charge is 2.19. The van der Waals surface area contributed by atoms with Crippen molar-refractivity contribution in [3.8, 4) is 0 Å². The molecule has 0 fully saturated rings. The van der Waals surface area contributed by atoms with Gasteiger partial charge in [-0.25, -0.2) is 0 Å². The maximum Gasteiger partial charge on any atom is -0.0134 e. The van der Waals surface area contributed by atoms with Gasteiger partial charge in [-0.1, -0.05) is 145 Å². The van der Waals surface area contributed by atoms with Crippen molar-refractivity contribution in [2.24, 2.45) is 0 Å². The summed E-state index contributed by atoms with van der Waals surface area (Å²) in [5, 5.41) is 8.34. The van der Waals surface area contributed by atoms with Gasteiger partial charge in [0.15, 0.2) is 0 Å². The molecule has 5 aromatic rings. The molecule has 0 saturated carbocycles. The summed E-state index contributed by atoms with van der Waals surface area (Å²) >= 11 is 0. The topological polar surface area (TPSA) is 0 Å².